The molecule has 0 aromatic heterocycles. The summed E-state index contributed by atoms with van der Waals surface area (Å²) >= 11 is 0. The quantitative estimate of drug-likeness (QED) is 0.803. The molecule has 0 unspecified atom stereocenters. The van der Waals surface area contributed by atoms with Crippen LogP contribution in [0.5, 0.6) is 0 Å². The molecule has 1 fully saturated rings. The Hall–Kier alpha value is -1.94. The minimum absolute atomic E-state index is 0.126. The topological polar surface area (TPSA) is 73.2 Å². The molecule has 1 aliphatic rings. The Bertz CT molecular complexity index is 791. The molecule has 1 aromatic carbocycles. The first-order valence-electron chi connectivity index (χ1n) is 7.91. The summed E-state index contributed by atoms with van der Waals surface area (Å²) in [6.45, 7) is 9.91. The molecule has 5 nitrogen and oxygen atoms in total. The van der Waals surface area contributed by atoms with E-state index in [-0.39, 0.29) is 10.9 Å². The summed E-state index contributed by atoms with van der Waals surface area (Å²) in [5, 5.41) is 8.98. The van der Waals surface area contributed by atoms with Crippen molar-refractivity contribution >= 4 is 10.0 Å². The summed E-state index contributed by atoms with van der Waals surface area (Å²) in [4.78, 5) is 2.37. The lowest BCUT2D eigenvalue weighted by atomic mass is 10.2. The molecular formula is C18H23N3O2S. The predicted molar refractivity (Wildman–Crippen MR) is 95.0 cm³/mol. The summed E-state index contributed by atoms with van der Waals surface area (Å²) in [6, 6.07) is 6.57. The van der Waals surface area contributed by atoms with Crippen LogP contribution in [0.2, 0.25) is 0 Å². The second kappa shape index (κ2) is 7.75. The van der Waals surface area contributed by atoms with E-state index in [1.165, 1.54) is 6.07 Å². The van der Waals surface area contributed by atoms with E-state index in [1.807, 2.05) is 25.1 Å². The van der Waals surface area contributed by atoms with E-state index in [9.17, 15) is 8.42 Å². The lowest BCUT2D eigenvalue weighted by molar-refractivity contribution is 0.363. The van der Waals surface area contributed by atoms with E-state index in [1.54, 1.807) is 19.1 Å². The molecule has 1 aromatic rings. The number of sulfonamides is 1. The number of aryl methyl sites for hydroxylation is 1. The molecule has 0 bridgehead atoms. The average Bonchev–Trinajstić information content (AvgIpc) is 2.94. The number of nitrogens with zero attached hydrogens (tertiary/aromatic N) is 2. The van der Waals surface area contributed by atoms with Gasteiger partial charge < -0.3 is 0 Å². The van der Waals surface area contributed by atoms with Crippen LogP contribution in [-0.2, 0) is 10.0 Å². The number of allylic oxidation sites excluding steroid dienone is 1. The first kappa shape index (κ1) is 18.4. The molecule has 1 saturated heterocycles. The first-order valence-corrected chi connectivity index (χ1v) is 9.40. The van der Waals surface area contributed by atoms with Crippen molar-refractivity contribution in [2.45, 2.75) is 31.2 Å². The highest BCUT2D eigenvalue weighted by Crippen LogP contribution is 2.19. The second-order valence-electron chi connectivity index (χ2n) is 6.09. The van der Waals surface area contributed by atoms with E-state index < -0.39 is 10.0 Å². The van der Waals surface area contributed by atoms with E-state index in [0.29, 0.717) is 17.7 Å². The molecule has 1 atom stereocenters. The highest BCUT2D eigenvalue weighted by atomic mass is 32.2. The van der Waals surface area contributed by atoms with Gasteiger partial charge in [-0.15, -0.1) is 0 Å². The van der Waals surface area contributed by atoms with Gasteiger partial charge in [0.05, 0.1) is 16.5 Å². The third-order valence-electron chi connectivity index (χ3n) is 4.03. The predicted octanol–water partition coefficient (Wildman–Crippen LogP) is 2.35. The van der Waals surface area contributed by atoms with E-state index in [4.69, 9.17) is 5.26 Å². The summed E-state index contributed by atoms with van der Waals surface area (Å²) in [5.74, 6) is 0. The molecule has 0 spiro atoms. The minimum Gasteiger partial charge on any atom is -0.297 e. The molecule has 0 radical (unpaired) electrons. The summed E-state index contributed by atoms with van der Waals surface area (Å²) < 4.78 is 28.1. The van der Waals surface area contributed by atoms with Gasteiger partial charge >= 0.3 is 0 Å². The van der Waals surface area contributed by atoms with Crippen molar-refractivity contribution in [2.24, 2.45) is 0 Å². The largest absolute Gasteiger partial charge is 0.297 e. The van der Waals surface area contributed by atoms with Crippen molar-refractivity contribution in [2.75, 3.05) is 19.6 Å². The van der Waals surface area contributed by atoms with Crippen LogP contribution >= 0.6 is 0 Å². The number of benzene rings is 1. The van der Waals surface area contributed by atoms with Gasteiger partial charge in [0, 0.05) is 25.7 Å². The molecule has 128 valence electrons. The van der Waals surface area contributed by atoms with Crippen LogP contribution in [0, 0.1) is 18.3 Å². The van der Waals surface area contributed by atoms with Crippen molar-refractivity contribution in [3.8, 4) is 6.07 Å². The monoisotopic (exact) mass is 345 g/mol. The van der Waals surface area contributed by atoms with E-state index in [0.717, 1.165) is 25.1 Å². The molecule has 1 aliphatic heterocycles. The molecular weight excluding hydrogens is 322 g/mol. The molecule has 0 saturated carbocycles. The van der Waals surface area contributed by atoms with Crippen LogP contribution in [0.4, 0.5) is 0 Å². The Kier molecular flexibility index (Phi) is 5.94. The summed E-state index contributed by atoms with van der Waals surface area (Å²) in [6.07, 6.45) is 4.68. The van der Waals surface area contributed by atoms with Gasteiger partial charge in [0.1, 0.15) is 0 Å². The van der Waals surface area contributed by atoms with Crippen molar-refractivity contribution < 1.29 is 8.42 Å². The van der Waals surface area contributed by atoms with Crippen molar-refractivity contribution in [3.05, 3.63) is 53.6 Å². The average molecular weight is 345 g/mol. The SMILES string of the molecule is C=C(/C=C\C)CN1CC[C@@H](NS(=O)(=O)c2cc(C#N)ccc2C)C1. The molecule has 0 amide bonds. The van der Waals surface area contributed by atoms with Gasteiger partial charge in [-0.2, -0.15) is 5.26 Å². The molecule has 1 heterocycles. The van der Waals surface area contributed by atoms with Gasteiger partial charge in [-0.1, -0.05) is 24.8 Å². The number of hydrogen-bond acceptors (Lipinski definition) is 4. The van der Waals surface area contributed by atoms with Gasteiger partial charge in [-0.3, -0.25) is 4.90 Å². The Morgan fingerprint density at radius 3 is 2.96 bits per heavy atom. The van der Waals surface area contributed by atoms with Crippen LogP contribution in [0.25, 0.3) is 0 Å². The Morgan fingerprint density at radius 1 is 1.54 bits per heavy atom. The standard InChI is InChI=1S/C18H23N3O2S/c1-4-5-14(2)12-21-9-8-17(13-21)20-24(22,23)18-10-16(11-19)7-6-15(18)3/h4-7,10,17,20H,2,8-9,12-13H2,1,3H3/b5-4-/t17-/m1/s1. The first-order chi connectivity index (χ1) is 11.4. The van der Waals surface area contributed by atoms with Crippen molar-refractivity contribution in [3.63, 3.8) is 0 Å². The molecule has 24 heavy (non-hydrogen) atoms. The smallest absolute Gasteiger partial charge is 0.241 e. The zero-order chi connectivity index (χ0) is 17.7. The Balaban J connectivity index is 2.06. The Labute approximate surface area is 144 Å². The van der Waals surface area contributed by atoms with Gasteiger partial charge in [-0.25, -0.2) is 13.1 Å². The lowest BCUT2D eigenvalue weighted by Gasteiger charge is -2.17. The highest BCUT2D eigenvalue weighted by Gasteiger charge is 2.28. The number of nitrogens with one attached hydrogen (secondary N) is 1. The third kappa shape index (κ3) is 4.54. The number of nitriles is 1. The van der Waals surface area contributed by atoms with Gasteiger partial charge in [-0.05, 0) is 43.5 Å². The van der Waals surface area contributed by atoms with Gasteiger partial charge in [0.25, 0.3) is 0 Å². The molecule has 1 N–H and O–H groups in total. The normalized spacial score (nSPS) is 18.8. The van der Waals surface area contributed by atoms with Gasteiger partial charge in [0.15, 0.2) is 0 Å². The Morgan fingerprint density at radius 2 is 2.29 bits per heavy atom. The number of hydrogen-bond donors (Lipinski definition) is 1. The van der Waals surface area contributed by atoms with E-state index >= 15 is 0 Å². The van der Waals surface area contributed by atoms with Crippen LogP contribution in [0.3, 0.4) is 0 Å². The summed E-state index contributed by atoms with van der Waals surface area (Å²) in [5.41, 5.74) is 1.99. The molecule has 0 aliphatic carbocycles. The van der Waals surface area contributed by atoms with Gasteiger partial charge in [0.2, 0.25) is 10.0 Å². The lowest BCUT2D eigenvalue weighted by Crippen LogP contribution is -2.37. The van der Waals surface area contributed by atoms with Crippen LogP contribution in [-0.4, -0.2) is 39.0 Å². The molecule has 6 heteroatoms. The fourth-order valence-corrected chi connectivity index (χ4v) is 4.42. The zero-order valence-corrected chi connectivity index (χ0v) is 14.9. The maximum atomic E-state index is 12.6. The summed E-state index contributed by atoms with van der Waals surface area (Å²) in [7, 11) is -3.63. The fraction of sp³-hybridized carbons (Fsp3) is 0.389. The maximum Gasteiger partial charge on any atom is 0.241 e. The second-order valence-corrected chi connectivity index (χ2v) is 7.77. The number of rotatable bonds is 6. The van der Waals surface area contributed by atoms with Crippen molar-refractivity contribution in [1.29, 1.82) is 5.26 Å². The minimum atomic E-state index is -3.63. The van der Waals surface area contributed by atoms with Crippen LogP contribution in [0.1, 0.15) is 24.5 Å². The van der Waals surface area contributed by atoms with Crippen molar-refractivity contribution in [1.82, 2.24) is 9.62 Å². The fourth-order valence-electron chi connectivity index (χ4n) is 2.89. The maximum absolute atomic E-state index is 12.6. The highest BCUT2D eigenvalue weighted by molar-refractivity contribution is 7.89. The third-order valence-corrected chi connectivity index (χ3v) is 5.69. The zero-order valence-electron chi connectivity index (χ0n) is 14.1. The number of likely N-dealkylation sites (tertiary alicyclic amines) is 1. The van der Waals surface area contributed by atoms with Crippen LogP contribution < -0.4 is 4.72 Å². The molecule has 2 rings (SSSR count). The van der Waals surface area contributed by atoms with E-state index in [2.05, 4.69) is 16.2 Å². The van der Waals surface area contributed by atoms with Crippen LogP contribution in [0.15, 0.2) is 47.4 Å².